The molecule has 6 atom stereocenters. The molecule has 8 amide bonds. The van der Waals surface area contributed by atoms with Gasteiger partial charge in [0.1, 0.15) is 58.1 Å². The van der Waals surface area contributed by atoms with E-state index in [1.807, 2.05) is 76.2 Å². The van der Waals surface area contributed by atoms with Crippen molar-refractivity contribution < 1.29 is 57.3 Å². The van der Waals surface area contributed by atoms with Gasteiger partial charge in [0, 0.05) is 78.4 Å². The van der Waals surface area contributed by atoms with E-state index in [2.05, 4.69) is 114 Å². The molecule has 11 aromatic rings. The molecule has 604 valence electrons. The minimum Gasteiger partial charge on any atom is -0.456 e. The largest absolute Gasteiger partial charge is 0.456 e. The molecule has 18 heteroatoms. The van der Waals surface area contributed by atoms with Gasteiger partial charge in [-0.05, 0) is 221 Å². The summed E-state index contributed by atoms with van der Waals surface area (Å²) >= 11 is 0. The summed E-state index contributed by atoms with van der Waals surface area (Å²) in [6.07, 6.45) is 4.57. The number of aryl methyl sites for hydroxylation is 4. The summed E-state index contributed by atoms with van der Waals surface area (Å²) in [5, 5.41) is 14.7. The van der Waals surface area contributed by atoms with Crippen molar-refractivity contribution in [1.29, 1.82) is 0 Å². The first-order valence-electron chi connectivity index (χ1n) is 41.3. The summed E-state index contributed by atoms with van der Waals surface area (Å²) in [4.78, 5) is 128. The van der Waals surface area contributed by atoms with Crippen molar-refractivity contribution in [3.05, 3.63) is 260 Å². The number of carbonyl (C=O) groups is 8. The van der Waals surface area contributed by atoms with Gasteiger partial charge >= 0.3 is 0 Å². The lowest BCUT2D eigenvalue weighted by atomic mass is 9.80. The first-order valence-corrected chi connectivity index (χ1v) is 41.3. The van der Waals surface area contributed by atoms with E-state index in [4.69, 9.17) is 18.9 Å². The van der Waals surface area contributed by atoms with Gasteiger partial charge in [0.05, 0.1) is 22.3 Å². The number of carbonyl (C=O) groups excluding carboxylic acids is 8. The molecule has 0 spiro atoms. The van der Waals surface area contributed by atoms with Gasteiger partial charge in [-0.2, -0.15) is 0 Å². The highest BCUT2D eigenvalue weighted by Crippen LogP contribution is 2.59. The first-order chi connectivity index (χ1) is 56.4. The minimum atomic E-state index is -1.57. The van der Waals surface area contributed by atoms with Gasteiger partial charge < -0.3 is 40.2 Å². The Morgan fingerprint density at radius 2 is 0.585 bits per heavy atom. The maximum atomic E-state index is 17.0. The first kappa shape index (κ1) is 80.7. The maximum absolute atomic E-state index is 17.0. The summed E-state index contributed by atoms with van der Waals surface area (Å²) in [5.74, 6) is -2.69. The van der Waals surface area contributed by atoms with E-state index in [0.29, 0.717) is 96.6 Å². The van der Waals surface area contributed by atoms with Crippen LogP contribution >= 0.6 is 0 Å². The Labute approximate surface area is 689 Å². The smallest absolute Gasteiger partial charge is 0.262 e. The van der Waals surface area contributed by atoms with Gasteiger partial charge in [-0.25, -0.2) is 0 Å². The van der Waals surface area contributed by atoms with Gasteiger partial charge in [0.15, 0.2) is 0 Å². The van der Waals surface area contributed by atoms with Crippen molar-refractivity contribution in [2.45, 2.75) is 208 Å². The monoisotopic (exact) mass is 1580 g/mol. The van der Waals surface area contributed by atoms with E-state index in [-0.39, 0.29) is 136 Å². The third-order valence-corrected chi connectivity index (χ3v) is 24.0. The van der Waals surface area contributed by atoms with Crippen molar-refractivity contribution in [3.8, 4) is 46.0 Å². The lowest BCUT2D eigenvalue weighted by Crippen LogP contribution is -2.52. The molecular weight excluding hydrogens is 1480 g/mol. The van der Waals surface area contributed by atoms with Gasteiger partial charge in [-0.3, -0.25) is 48.2 Å². The molecule has 18 nitrogen and oxygen atoms in total. The molecule has 2 heterocycles. The molecule has 6 unspecified atom stereocenters. The summed E-state index contributed by atoms with van der Waals surface area (Å²) in [5.41, 5.74) is 8.46. The van der Waals surface area contributed by atoms with Crippen LogP contribution in [0.4, 0.5) is 0 Å². The molecule has 0 radical (unpaired) electrons. The van der Waals surface area contributed by atoms with E-state index in [1.165, 1.54) is 0 Å². The van der Waals surface area contributed by atoms with Crippen molar-refractivity contribution in [2.24, 2.45) is 0 Å². The molecule has 4 N–H and O–H groups in total. The van der Waals surface area contributed by atoms with E-state index >= 15 is 28.8 Å². The number of amides is 8. The second kappa shape index (κ2) is 32.6. The summed E-state index contributed by atoms with van der Waals surface area (Å²) in [7, 11) is 0. The Balaban J connectivity index is 1.07. The topological polar surface area (TPSA) is 228 Å². The van der Waals surface area contributed by atoms with Crippen LogP contribution in [0.3, 0.4) is 0 Å². The quantitative estimate of drug-likeness (QED) is 0.0192. The molecule has 0 aromatic heterocycles. The third kappa shape index (κ3) is 15.2. The van der Waals surface area contributed by atoms with Crippen molar-refractivity contribution >= 4 is 90.3 Å². The predicted octanol–water partition coefficient (Wildman–Crippen LogP) is 21.5. The number of imide groups is 2. The normalized spacial score (nSPS) is 17.3. The van der Waals surface area contributed by atoms with Crippen LogP contribution in [0, 0.1) is 27.7 Å². The zero-order valence-electron chi connectivity index (χ0n) is 69.6. The number of hydrogen-bond donors (Lipinski definition) is 4. The molecule has 2 fully saturated rings. The van der Waals surface area contributed by atoms with Crippen LogP contribution in [-0.2, 0) is 19.2 Å². The lowest BCUT2D eigenvalue weighted by Gasteiger charge is -2.37. The van der Waals surface area contributed by atoms with Crippen molar-refractivity contribution in [3.63, 3.8) is 0 Å². The van der Waals surface area contributed by atoms with Crippen molar-refractivity contribution in [2.75, 3.05) is 0 Å². The Bertz CT molecular complexity index is 5370. The third-order valence-electron chi connectivity index (χ3n) is 24.0. The van der Waals surface area contributed by atoms with Gasteiger partial charge in [-0.1, -0.05) is 178 Å². The predicted molar refractivity (Wildman–Crippen MR) is 463 cm³/mol. The molecule has 2 aliphatic carbocycles. The van der Waals surface area contributed by atoms with Crippen LogP contribution in [0.15, 0.2) is 182 Å². The van der Waals surface area contributed by atoms with Gasteiger partial charge in [0.25, 0.3) is 23.6 Å². The summed E-state index contributed by atoms with van der Waals surface area (Å²) < 4.78 is 30.3. The lowest BCUT2D eigenvalue weighted by molar-refractivity contribution is -0.127. The molecule has 118 heavy (non-hydrogen) atoms. The fraction of sp³-hybridized carbons (Fsp3) is 0.320. The number of benzene rings is 11. The van der Waals surface area contributed by atoms with E-state index in [9.17, 15) is 9.59 Å². The number of nitrogens with zero attached hydrogens (tertiary/aromatic N) is 2. The zero-order valence-corrected chi connectivity index (χ0v) is 69.6. The van der Waals surface area contributed by atoms with E-state index in [0.717, 1.165) is 54.3 Å². The fourth-order valence-corrected chi connectivity index (χ4v) is 17.6. The summed E-state index contributed by atoms with van der Waals surface area (Å²) in [6.45, 7) is 35.6. The van der Waals surface area contributed by atoms with Crippen LogP contribution in [0.25, 0.3) is 43.1 Å². The van der Waals surface area contributed by atoms with Crippen LogP contribution in [-0.4, -0.2) is 81.2 Å². The number of rotatable bonds is 24. The van der Waals surface area contributed by atoms with Crippen LogP contribution in [0.5, 0.6) is 46.0 Å². The molecule has 0 bridgehead atoms. The van der Waals surface area contributed by atoms with Gasteiger partial charge in [0.2, 0.25) is 23.6 Å². The molecule has 2 saturated carbocycles. The second-order valence-electron chi connectivity index (χ2n) is 34.0. The maximum Gasteiger partial charge on any atom is 0.262 e. The summed E-state index contributed by atoms with van der Waals surface area (Å²) in [6, 6.07) is 43.0. The van der Waals surface area contributed by atoms with Crippen LogP contribution in [0.1, 0.15) is 253 Å². The molecule has 4 aliphatic rings. The Hall–Kier alpha value is -12.4. The number of ether oxygens (including phenoxy) is 4. The number of hydrogen-bond acceptors (Lipinski definition) is 12. The molecule has 0 saturated heterocycles. The SMILES string of the molecule is C=C(C)C(=O)NC1CCCC(NC(=O)C(c2ccccc2)N2C(=O)c3cc(Oc4ccc(C(C)C)cc4C)c4c5c(Oc6ccc(C(C)C)cc6C)cc6c7c(cc(Oc8ccc(C(C)C)cc8C)c(c8c(Oc9ccc(C(C)C)cc9C)cc(c3c48)C2=O)c75)C(=O)N(C(C(=O)NC2CCCC(NC(=O)C(=C)C)C2)c2ccccc2)C6=O)C1. The second-order valence-corrected chi connectivity index (χ2v) is 34.0. The zero-order chi connectivity index (χ0) is 83.7. The fourth-order valence-electron chi connectivity index (χ4n) is 17.6. The van der Waals surface area contributed by atoms with Gasteiger partial charge in [-0.15, -0.1) is 0 Å². The number of nitrogens with one attached hydrogen (secondary N) is 4. The highest BCUT2D eigenvalue weighted by molar-refractivity contribution is 6.45. The molecule has 2 aliphatic heterocycles. The molecular formula is C100H102N6O12. The minimum absolute atomic E-state index is 0.00940. The van der Waals surface area contributed by atoms with E-state index < -0.39 is 59.6 Å². The highest BCUT2D eigenvalue weighted by Gasteiger charge is 2.48. The van der Waals surface area contributed by atoms with Crippen LogP contribution in [0.2, 0.25) is 0 Å². The Kier molecular flexibility index (Phi) is 22.3. The molecule has 11 aromatic carbocycles. The average molecular weight is 1580 g/mol. The Morgan fingerprint density at radius 3 is 0.822 bits per heavy atom. The number of fused-ring (bicyclic) bond motifs is 2. The molecule has 15 rings (SSSR count). The van der Waals surface area contributed by atoms with E-state index in [1.54, 1.807) is 98.8 Å². The standard InChI is InChI=1S/C100H102N6O12/c1-51(2)63-33-37-75(57(13)41-63)115-79-47-71-83-72(98(112)105(97(71)111)91(61-25-19-17-20-26-61)95(109)103-69-31-23-29-67(45-69)101-93(107)55(9)10)49-81(117-77-39-35-65(53(5)6)43-59(77)15)87-88-82(118-78-40-36-66(54(7)8)44-60(78)16)50-74-84-73(48-80(86(90(84)88)85(79)89(83)87)116-76-38-34-64(52(3)4)42-58(76)14)99(113)106(100(74)114)92(62-27-21-18-22-28-62)96(110)104-70-32-24-30-68(46-70)102-94(108)56(11)12/h17-22,25-28,33-44,47-54,67-70,91-92H,9,11,23-24,29-32,45-46H2,1-8,10,12-16H3,(H,101,107)(H,102,108)(H,103,109)(H,104,110). The Morgan fingerprint density at radius 1 is 0.331 bits per heavy atom. The van der Waals surface area contributed by atoms with Crippen LogP contribution < -0.4 is 40.2 Å². The average Bonchev–Trinajstić information content (AvgIpc) is 0.669. The van der Waals surface area contributed by atoms with Crippen molar-refractivity contribution in [1.82, 2.24) is 31.1 Å². The highest BCUT2D eigenvalue weighted by atomic mass is 16.5.